The van der Waals surface area contributed by atoms with Crippen molar-refractivity contribution >= 4 is 17.1 Å². The van der Waals surface area contributed by atoms with Crippen LogP contribution in [0.1, 0.15) is 48.5 Å². The van der Waals surface area contributed by atoms with Crippen LogP contribution in [-0.2, 0) is 0 Å². The van der Waals surface area contributed by atoms with Crippen molar-refractivity contribution in [3.63, 3.8) is 0 Å². The summed E-state index contributed by atoms with van der Waals surface area (Å²) in [6.07, 6.45) is 2.01. The van der Waals surface area contributed by atoms with Gasteiger partial charge < -0.3 is 9.64 Å². The highest BCUT2D eigenvalue weighted by Gasteiger charge is 2.44. The standard InChI is InChI=1S/C21H27NO2S/c1-3-22(4-2)11-5-12-24-18-8-6-16(7-9-18)21(23)20-14-19(20)17-10-13-25-15-17/h6-10,13,15,19-20H,3-5,11-12,14H2,1-2H3. The molecule has 1 aliphatic rings. The van der Waals surface area contributed by atoms with Gasteiger partial charge in [0.25, 0.3) is 0 Å². The summed E-state index contributed by atoms with van der Waals surface area (Å²) in [5.74, 6) is 1.70. The monoisotopic (exact) mass is 357 g/mol. The Morgan fingerprint density at radius 1 is 1.20 bits per heavy atom. The largest absolute Gasteiger partial charge is 0.494 e. The molecule has 0 aliphatic heterocycles. The first-order valence-electron chi connectivity index (χ1n) is 9.24. The van der Waals surface area contributed by atoms with Gasteiger partial charge in [-0.1, -0.05) is 13.8 Å². The molecule has 25 heavy (non-hydrogen) atoms. The fourth-order valence-electron chi connectivity index (χ4n) is 3.29. The van der Waals surface area contributed by atoms with Gasteiger partial charge >= 0.3 is 0 Å². The summed E-state index contributed by atoms with van der Waals surface area (Å²) in [6.45, 7) is 8.31. The molecule has 2 aromatic rings. The molecule has 1 aromatic heterocycles. The lowest BCUT2D eigenvalue weighted by molar-refractivity contribution is 0.0965. The van der Waals surface area contributed by atoms with Crippen LogP contribution in [0.4, 0.5) is 0 Å². The van der Waals surface area contributed by atoms with E-state index in [0.717, 1.165) is 43.8 Å². The average Bonchev–Trinajstić information content (AvgIpc) is 3.26. The Labute approximate surface area is 154 Å². The van der Waals surface area contributed by atoms with E-state index in [1.165, 1.54) is 5.56 Å². The maximum Gasteiger partial charge on any atom is 0.166 e. The van der Waals surface area contributed by atoms with Crippen molar-refractivity contribution in [2.45, 2.75) is 32.6 Å². The van der Waals surface area contributed by atoms with E-state index in [2.05, 4.69) is 35.6 Å². The maximum absolute atomic E-state index is 12.6. The number of thiophene rings is 1. The predicted octanol–water partition coefficient (Wildman–Crippen LogP) is 4.85. The lowest BCUT2D eigenvalue weighted by Gasteiger charge is -2.17. The molecule has 134 valence electrons. The normalized spacial score (nSPS) is 19.2. The van der Waals surface area contributed by atoms with E-state index in [-0.39, 0.29) is 11.7 Å². The molecule has 0 radical (unpaired) electrons. The topological polar surface area (TPSA) is 29.5 Å². The minimum atomic E-state index is 0.162. The number of ketones is 1. The minimum absolute atomic E-state index is 0.162. The molecule has 2 unspecified atom stereocenters. The van der Waals surface area contributed by atoms with E-state index >= 15 is 0 Å². The number of rotatable bonds is 10. The van der Waals surface area contributed by atoms with E-state index in [0.29, 0.717) is 12.5 Å². The molecule has 1 aliphatic carbocycles. The second-order valence-electron chi connectivity index (χ2n) is 6.62. The smallest absolute Gasteiger partial charge is 0.166 e. The number of benzene rings is 1. The Morgan fingerprint density at radius 3 is 2.60 bits per heavy atom. The zero-order valence-electron chi connectivity index (χ0n) is 15.1. The number of hydrogen-bond acceptors (Lipinski definition) is 4. The summed E-state index contributed by atoms with van der Waals surface area (Å²) in [4.78, 5) is 15.0. The number of hydrogen-bond donors (Lipinski definition) is 0. The molecule has 1 heterocycles. The number of ether oxygens (including phenoxy) is 1. The lowest BCUT2D eigenvalue weighted by atomic mass is 10.0. The van der Waals surface area contributed by atoms with Gasteiger partial charge in [0.05, 0.1) is 6.61 Å². The van der Waals surface area contributed by atoms with Crippen LogP contribution in [0.3, 0.4) is 0 Å². The third-order valence-corrected chi connectivity index (χ3v) is 5.72. The molecule has 1 saturated carbocycles. The fourth-order valence-corrected chi connectivity index (χ4v) is 4.01. The molecular weight excluding hydrogens is 330 g/mol. The molecule has 0 bridgehead atoms. The maximum atomic E-state index is 12.6. The first-order chi connectivity index (χ1) is 12.2. The molecule has 2 atom stereocenters. The van der Waals surface area contributed by atoms with Gasteiger partial charge in [-0.2, -0.15) is 11.3 Å². The molecular formula is C21H27NO2S. The summed E-state index contributed by atoms with van der Waals surface area (Å²) in [7, 11) is 0. The van der Waals surface area contributed by atoms with E-state index in [1.807, 2.05) is 24.3 Å². The molecule has 0 saturated heterocycles. The van der Waals surface area contributed by atoms with Crippen molar-refractivity contribution in [2.75, 3.05) is 26.2 Å². The van der Waals surface area contributed by atoms with Crippen molar-refractivity contribution < 1.29 is 9.53 Å². The highest BCUT2D eigenvalue weighted by atomic mass is 32.1. The van der Waals surface area contributed by atoms with E-state index < -0.39 is 0 Å². The lowest BCUT2D eigenvalue weighted by Crippen LogP contribution is -2.25. The number of Topliss-reactive ketones (excluding diaryl/α,β-unsaturated/α-hetero) is 1. The fraction of sp³-hybridized carbons (Fsp3) is 0.476. The Bertz CT molecular complexity index is 662. The van der Waals surface area contributed by atoms with E-state index in [4.69, 9.17) is 4.74 Å². The molecule has 0 amide bonds. The van der Waals surface area contributed by atoms with Gasteiger partial charge in [0.2, 0.25) is 0 Å². The van der Waals surface area contributed by atoms with Gasteiger partial charge in [0.1, 0.15) is 5.75 Å². The second kappa shape index (κ2) is 8.63. The van der Waals surface area contributed by atoms with Crippen molar-refractivity contribution in [3.8, 4) is 5.75 Å². The van der Waals surface area contributed by atoms with Crippen LogP contribution < -0.4 is 4.74 Å². The first kappa shape index (κ1) is 18.2. The van der Waals surface area contributed by atoms with Crippen molar-refractivity contribution in [3.05, 3.63) is 52.2 Å². The summed E-state index contributed by atoms with van der Waals surface area (Å²) in [5.41, 5.74) is 2.12. The highest BCUT2D eigenvalue weighted by molar-refractivity contribution is 7.08. The Morgan fingerprint density at radius 2 is 1.96 bits per heavy atom. The van der Waals surface area contributed by atoms with Crippen LogP contribution in [0.5, 0.6) is 5.75 Å². The van der Waals surface area contributed by atoms with Gasteiger partial charge in [0.15, 0.2) is 5.78 Å². The van der Waals surface area contributed by atoms with Crippen LogP contribution in [0.15, 0.2) is 41.1 Å². The molecule has 0 N–H and O–H groups in total. The number of nitrogens with zero attached hydrogens (tertiary/aromatic N) is 1. The molecule has 3 nitrogen and oxygen atoms in total. The Kier molecular flexibility index (Phi) is 6.27. The summed E-state index contributed by atoms with van der Waals surface area (Å²) < 4.78 is 5.80. The summed E-state index contributed by atoms with van der Waals surface area (Å²) in [6, 6.07) is 9.80. The Balaban J connectivity index is 1.45. The minimum Gasteiger partial charge on any atom is -0.494 e. The van der Waals surface area contributed by atoms with Gasteiger partial charge in [-0.25, -0.2) is 0 Å². The van der Waals surface area contributed by atoms with Gasteiger partial charge in [-0.3, -0.25) is 4.79 Å². The summed E-state index contributed by atoms with van der Waals surface area (Å²) in [5, 5.41) is 4.24. The molecule has 1 aromatic carbocycles. The second-order valence-corrected chi connectivity index (χ2v) is 7.40. The average molecular weight is 358 g/mol. The molecule has 3 rings (SSSR count). The zero-order valence-corrected chi connectivity index (χ0v) is 15.9. The van der Waals surface area contributed by atoms with Crippen LogP contribution in [0.2, 0.25) is 0 Å². The van der Waals surface area contributed by atoms with Gasteiger partial charge in [-0.15, -0.1) is 0 Å². The van der Waals surface area contributed by atoms with Crippen LogP contribution >= 0.6 is 11.3 Å². The van der Waals surface area contributed by atoms with Gasteiger partial charge in [0, 0.05) is 18.0 Å². The van der Waals surface area contributed by atoms with E-state index in [9.17, 15) is 4.79 Å². The molecule has 4 heteroatoms. The zero-order chi connectivity index (χ0) is 17.6. The predicted molar refractivity (Wildman–Crippen MR) is 104 cm³/mol. The van der Waals surface area contributed by atoms with Crippen LogP contribution in [0.25, 0.3) is 0 Å². The first-order valence-corrected chi connectivity index (χ1v) is 10.2. The number of carbonyl (C=O) groups is 1. The third-order valence-electron chi connectivity index (χ3n) is 5.02. The van der Waals surface area contributed by atoms with Crippen LogP contribution in [0, 0.1) is 5.92 Å². The SMILES string of the molecule is CCN(CC)CCCOc1ccc(C(=O)C2CC2c2ccsc2)cc1. The Hall–Kier alpha value is -1.65. The van der Waals surface area contributed by atoms with Crippen LogP contribution in [-0.4, -0.2) is 36.9 Å². The molecule has 0 spiro atoms. The van der Waals surface area contributed by atoms with Gasteiger partial charge in [-0.05, 0) is 78.5 Å². The van der Waals surface area contributed by atoms with Crippen molar-refractivity contribution in [2.24, 2.45) is 5.92 Å². The highest BCUT2D eigenvalue weighted by Crippen LogP contribution is 2.49. The van der Waals surface area contributed by atoms with Crippen molar-refractivity contribution in [1.29, 1.82) is 0 Å². The third kappa shape index (κ3) is 4.71. The van der Waals surface area contributed by atoms with E-state index in [1.54, 1.807) is 11.3 Å². The molecule has 1 fully saturated rings. The quantitative estimate of drug-likeness (QED) is 0.450. The summed E-state index contributed by atoms with van der Waals surface area (Å²) >= 11 is 1.70. The van der Waals surface area contributed by atoms with Crippen molar-refractivity contribution in [1.82, 2.24) is 4.90 Å². The number of carbonyl (C=O) groups excluding carboxylic acids is 1.